The fraction of sp³-hybridized carbons (Fsp3) is 0.526. The number of likely N-dealkylation sites (tertiary alicyclic amines) is 1. The number of carboxylic acid groups (broad SMARTS) is 1. The van der Waals surface area contributed by atoms with Gasteiger partial charge in [0.2, 0.25) is 0 Å². The number of nitrogens with zero attached hydrogens (tertiary/aromatic N) is 3. The first-order chi connectivity index (χ1) is 14.1. The van der Waals surface area contributed by atoms with Gasteiger partial charge in [-0.05, 0) is 43.9 Å². The van der Waals surface area contributed by atoms with Crippen molar-refractivity contribution in [1.29, 1.82) is 0 Å². The normalized spacial score (nSPS) is 24.1. The molecule has 164 valence electrons. The third-order valence-corrected chi connectivity index (χ3v) is 5.02. The van der Waals surface area contributed by atoms with E-state index in [2.05, 4.69) is 15.0 Å². The van der Waals surface area contributed by atoms with E-state index < -0.39 is 12.1 Å². The summed E-state index contributed by atoms with van der Waals surface area (Å²) in [7, 11) is 0. The Labute approximate surface area is 169 Å². The number of aromatic nitrogens is 2. The Morgan fingerprint density at radius 2 is 1.90 bits per heavy atom. The molecule has 0 spiro atoms. The van der Waals surface area contributed by atoms with Gasteiger partial charge in [0.05, 0.1) is 6.10 Å². The van der Waals surface area contributed by atoms with Gasteiger partial charge in [0, 0.05) is 19.1 Å². The fourth-order valence-corrected chi connectivity index (χ4v) is 3.66. The van der Waals surface area contributed by atoms with E-state index in [0.29, 0.717) is 17.8 Å². The molecule has 2 saturated heterocycles. The van der Waals surface area contributed by atoms with Gasteiger partial charge >= 0.3 is 12.1 Å². The number of aryl methyl sites for hydroxylation is 1. The summed E-state index contributed by atoms with van der Waals surface area (Å²) in [5.41, 5.74) is 1.14. The summed E-state index contributed by atoms with van der Waals surface area (Å²) in [5, 5.41) is 11.0. The molecule has 0 bridgehead atoms. The number of halogens is 4. The Balaban J connectivity index is 0.000000318. The Hall–Kier alpha value is -2.53. The Kier molecular flexibility index (Phi) is 6.71. The minimum atomic E-state index is -5.08. The van der Waals surface area contributed by atoms with Gasteiger partial charge < -0.3 is 14.4 Å². The predicted octanol–water partition coefficient (Wildman–Crippen LogP) is 3.65. The molecule has 2 aliphatic heterocycles. The van der Waals surface area contributed by atoms with Gasteiger partial charge in [-0.1, -0.05) is 17.3 Å². The van der Waals surface area contributed by atoms with Crippen molar-refractivity contribution >= 4 is 5.97 Å². The van der Waals surface area contributed by atoms with Gasteiger partial charge in [0.1, 0.15) is 11.9 Å². The molecule has 1 N–H and O–H groups in total. The van der Waals surface area contributed by atoms with Crippen LogP contribution in [0, 0.1) is 12.7 Å². The highest BCUT2D eigenvalue weighted by atomic mass is 19.4. The van der Waals surface area contributed by atoms with Crippen molar-refractivity contribution in [3.63, 3.8) is 0 Å². The summed E-state index contributed by atoms with van der Waals surface area (Å²) in [6.07, 6.45) is -2.00. The van der Waals surface area contributed by atoms with Crippen LogP contribution in [0.1, 0.15) is 42.6 Å². The monoisotopic (exact) mass is 431 g/mol. The standard InChI is InChI=1S/C17H20FN3O2.C2HF3O2/c1-11-19-17(23-20-11)16-7-6-14-15(22-16)8-9-21(14)10-12-2-4-13(18)5-3-12;3-2(4,5)1(6)7/h2-5,14-16H,6-10H2,1H3;(H,6,7)/t14-,15-,16-;/m1./s1. The summed E-state index contributed by atoms with van der Waals surface area (Å²) in [5.74, 6) is -1.70. The smallest absolute Gasteiger partial charge is 0.475 e. The predicted molar refractivity (Wildman–Crippen MR) is 94.8 cm³/mol. The van der Waals surface area contributed by atoms with E-state index in [9.17, 15) is 17.6 Å². The van der Waals surface area contributed by atoms with E-state index in [1.807, 2.05) is 19.1 Å². The Morgan fingerprint density at radius 3 is 2.47 bits per heavy atom. The highest BCUT2D eigenvalue weighted by molar-refractivity contribution is 5.73. The molecule has 4 rings (SSSR count). The van der Waals surface area contributed by atoms with Crippen LogP contribution in [0.2, 0.25) is 0 Å². The van der Waals surface area contributed by atoms with Gasteiger partial charge in [-0.15, -0.1) is 0 Å². The molecule has 0 unspecified atom stereocenters. The maximum Gasteiger partial charge on any atom is 0.490 e. The summed E-state index contributed by atoms with van der Waals surface area (Å²) in [6, 6.07) is 7.18. The Bertz CT molecular complexity index is 856. The first-order valence-corrected chi connectivity index (χ1v) is 9.37. The number of rotatable bonds is 3. The first-order valence-electron chi connectivity index (χ1n) is 9.37. The topological polar surface area (TPSA) is 88.7 Å². The molecule has 2 fully saturated rings. The molecule has 0 amide bonds. The molecule has 1 aromatic carbocycles. The maximum absolute atomic E-state index is 13.0. The zero-order valence-electron chi connectivity index (χ0n) is 16.1. The van der Waals surface area contributed by atoms with E-state index in [4.69, 9.17) is 19.2 Å². The van der Waals surface area contributed by atoms with Gasteiger partial charge in [-0.2, -0.15) is 18.2 Å². The molecule has 11 heteroatoms. The van der Waals surface area contributed by atoms with Crippen molar-refractivity contribution in [2.24, 2.45) is 0 Å². The Morgan fingerprint density at radius 1 is 1.23 bits per heavy atom. The number of aliphatic carboxylic acids is 1. The molecule has 3 heterocycles. The van der Waals surface area contributed by atoms with Crippen LogP contribution >= 0.6 is 0 Å². The van der Waals surface area contributed by atoms with E-state index in [1.165, 1.54) is 12.1 Å². The zero-order valence-corrected chi connectivity index (χ0v) is 16.1. The number of ether oxygens (including phenoxy) is 1. The van der Waals surface area contributed by atoms with Crippen LogP contribution in [0.3, 0.4) is 0 Å². The molecule has 30 heavy (non-hydrogen) atoms. The van der Waals surface area contributed by atoms with Gasteiger partial charge in [-0.3, -0.25) is 4.90 Å². The van der Waals surface area contributed by atoms with E-state index in [1.54, 1.807) is 0 Å². The number of carboxylic acids is 1. The van der Waals surface area contributed by atoms with Gasteiger partial charge in [0.15, 0.2) is 5.82 Å². The lowest BCUT2D eigenvalue weighted by molar-refractivity contribution is -0.192. The van der Waals surface area contributed by atoms with Crippen LogP contribution in [0.15, 0.2) is 28.8 Å². The van der Waals surface area contributed by atoms with Crippen LogP contribution in [0.25, 0.3) is 0 Å². The average Bonchev–Trinajstić information content (AvgIpc) is 3.29. The minimum absolute atomic E-state index is 0.0804. The molecule has 0 aliphatic carbocycles. The van der Waals surface area contributed by atoms with Crippen molar-refractivity contribution in [2.45, 2.75) is 57.2 Å². The van der Waals surface area contributed by atoms with Crippen LogP contribution in [-0.2, 0) is 16.1 Å². The molecule has 3 atom stereocenters. The van der Waals surface area contributed by atoms with Crippen molar-refractivity contribution < 1.29 is 36.7 Å². The molecule has 7 nitrogen and oxygen atoms in total. The molecule has 0 saturated carbocycles. The first kappa shape index (κ1) is 22.2. The van der Waals surface area contributed by atoms with E-state index in [0.717, 1.165) is 37.9 Å². The molecule has 1 aromatic heterocycles. The second-order valence-electron chi connectivity index (χ2n) is 7.18. The van der Waals surface area contributed by atoms with E-state index >= 15 is 0 Å². The lowest BCUT2D eigenvalue weighted by Crippen LogP contribution is -2.40. The average molecular weight is 431 g/mol. The highest BCUT2D eigenvalue weighted by Gasteiger charge is 2.41. The van der Waals surface area contributed by atoms with Crippen LogP contribution < -0.4 is 0 Å². The number of carbonyl (C=O) groups is 1. The lowest BCUT2D eigenvalue weighted by atomic mass is 9.98. The van der Waals surface area contributed by atoms with Gasteiger partial charge in [0.25, 0.3) is 5.89 Å². The second-order valence-corrected chi connectivity index (χ2v) is 7.18. The highest BCUT2D eigenvalue weighted by Crippen LogP contribution is 2.38. The number of fused-ring (bicyclic) bond motifs is 1. The minimum Gasteiger partial charge on any atom is -0.475 e. The molecular formula is C19H21F4N3O4. The number of alkyl halides is 3. The second kappa shape index (κ2) is 9.09. The van der Waals surface area contributed by atoms with Crippen molar-refractivity contribution in [1.82, 2.24) is 15.0 Å². The number of hydrogen-bond donors (Lipinski definition) is 1. The van der Waals surface area contributed by atoms with Crippen LogP contribution in [-0.4, -0.2) is 51.0 Å². The molecule has 0 radical (unpaired) electrons. The quantitative estimate of drug-likeness (QED) is 0.743. The number of benzene rings is 1. The van der Waals surface area contributed by atoms with Crippen LogP contribution in [0.5, 0.6) is 0 Å². The summed E-state index contributed by atoms with van der Waals surface area (Å²) >= 11 is 0. The molecular weight excluding hydrogens is 410 g/mol. The zero-order chi connectivity index (χ0) is 21.9. The summed E-state index contributed by atoms with van der Waals surface area (Å²) in [6.45, 7) is 3.66. The summed E-state index contributed by atoms with van der Waals surface area (Å²) < 4.78 is 56.2. The lowest BCUT2D eigenvalue weighted by Gasteiger charge is -2.34. The largest absolute Gasteiger partial charge is 0.490 e. The van der Waals surface area contributed by atoms with Crippen LogP contribution in [0.4, 0.5) is 17.6 Å². The summed E-state index contributed by atoms with van der Waals surface area (Å²) in [4.78, 5) is 15.6. The third kappa shape index (κ3) is 5.54. The number of hydrogen-bond acceptors (Lipinski definition) is 6. The van der Waals surface area contributed by atoms with Crippen molar-refractivity contribution in [3.05, 3.63) is 47.4 Å². The molecule has 2 aliphatic rings. The SMILES string of the molecule is Cc1noc([C@H]2CC[C@@H]3[C@@H](CCN3Cc3ccc(F)cc3)O2)n1.O=C(O)C(F)(F)F. The third-order valence-electron chi connectivity index (χ3n) is 5.02. The van der Waals surface area contributed by atoms with Crippen molar-refractivity contribution in [3.8, 4) is 0 Å². The molecule has 2 aromatic rings. The van der Waals surface area contributed by atoms with E-state index in [-0.39, 0.29) is 18.0 Å². The van der Waals surface area contributed by atoms with Gasteiger partial charge in [-0.25, -0.2) is 9.18 Å². The van der Waals surface area contributed by atoms with Crippen molar-refractivity contribution in [2.75, 3.05) is 6.54 Å². The maximum atomic E-state index is 13.0. The fourth-order valence-electron chi connectivity index (χ4n) is 3.66.